The lowest BCUT2D eigenvalue weighted by Gasteiger charge is -2.36. The van der Waals surface area contributed by atoms with Gasteiger partial charge in [-0.15, -0.1) is 0 Å². The summed E-state index contributed by atoms with van der Waals surface area (Å²) in [6.07, 6.45) is 3.31. The Bertz CT molecular complexity index is 934. The van der Waals surface area contributed by atoms with Crippen molar-refractivity contribution >= 4 is 16.7 Å². The van der Waals surface area contributed by atoms with Gasteiger partial charge in [0.2, 0.25) is 0 Å². The molecule has 0 radical (unpaired) electrons. The molecule has 0 N–H and O–H groups in total. The number of para-hydroxylation sites is 1. The first-order valence-electron chi connectivity index (χ1n) is 8.85. The minimum absolute atomic E-state index is 0.694. The number of aromatic nitrogens is 4. The number of aryl methyl sites for hydroxylation is 1. The number of piperazine rings is 1. The average Bonchev–Trinajstić information content (AvgIpc) is 3.20. The summed E-state index contributed by atoms with van der Waals surface area (Å²) in [5.41, 5.74) is 2.66. The molecule has 1 aromatic carbocycles. The van der Waals surface area contributed by atoms with Gasteiger partial charge in [0.15, 0.2) is 0 Å². The van der Waals surface area contributed by atoms with Crippen molar-refractivity contribution in [2.75, 3.05) is 37.6 Å². The molecule has 132 valence electrons. The smallest absolute Gasteiger partial charge is 0.147 e. The molecular formula is C19H21N7. The molecule has 0 unspecified atom stereocenters. The number of hydrogen-bond donors (Lipinski definition) is 0. The molecular weight excluding hydrogens is 326 g/mol. The molecule has 2 aromatic heterocycles. The number of nitrogens with zero attached hydrogens (tertiary/aromatic N) is 7. The fourth-order valence-electron chi connectivity index (χ4n) is 3.50. The Labute approximate surface area is 152 Å². The van der Waals surface area contributed by atoms with Crippen LogP contribution in [0.1, 0.15) is 11.1 Å². The number of benzene rings is 1. The lowest BCUT2D eigenvalue weighted by Crippen LogP contribution is -2.47. The number of rotatable bonds is 4. The Hall–Kier alpha value is -2.98. The van der Waals surface area contributed by atoms with E-state index in [1.165, 1.54) is 0 Å². The predicted octanol–water partition coefficient (Wildman–Crippen LogP) is 1.83. The van der Waals surface area contributed by atoms with E-state index < -0.39 is 0 Å². The van der Waals surface area contributed by atoms with E-state index in [4.69, 9.17) is 4.98 Å². The van der Waals surface area contributed by atoms with E-state index in [-0.39, 0.29) is 0 Å². The Balaban J connectivity index is 1.49. The van der Waals surface area contributed by atoms with E-state index in [1.54, 1.807) is 12.7 Å². The summed E-state index contributed by atoms with van der Waals surface area (Å²) in [5, 5.41) is 14.9. The molecule has 1 aliphatic rings. The van der Waals surface area contributed by atoms with Gasteiger partial charge < -0.3 is 4.90 Å². The monoisotopic (exact) mass is 347 g/mol. The molecule has 3 aromatic rings. The van der Waals surface area contributed by atoms with Gasteiger partial charge >= 0.3 is 0 Å². The Morgan fingerprint density at radius 3 is 2.65 bits per heavy atom. The third-order valence-electron chi connectivity index (χ3n) is 5.03. The van der Waals surface area contributed by atoms with Gasteiger partial charge in [0.25, 0.3) is 0 Å². The van der Waals surface area contributed by atoms with Gasteiger partial charge in [-0.2, -0.15) is 10.4 Å². The molecule has 0 amide bonds. The first-order chi connectivity index (χ1) is 12.8. The van der Waals surface area contributed by atoms with Gasteiger partial charge in [0.05, 0.1) is 17.6 Å². The molecule has 1 aliphatic heterocycles. The maximum absolute atomic E-state index is 9.69. The molecule has 0 spiro atoms. The SMILES string of the molecule is Cc1c(C#N)c(N2CCN(CCn3cncn3)CC2)nc2ccccc12. The van der Waals surface area contributed by atoms with Gasteiger partial charge in [-0.1, -0.05) is 18.2 Å². The fraction of sp³-hybridized carbons (Fsp3) is 0.368. The van der Waals surface area contributed by atoms with Crippen LogP contribution in [0.25, 0.3) is 10.9 Å². The topological polar surface area (TPSA) is 73.9 Å². The van der Waals surface area contributed by atoms with Crippen molar-refractivity contribution in [2.45, 2.75) is 13.5 Å². The van der Waals surface area contributed by atoms with Crippen LogP contribution >= 0.6 is 0 Å². The summed E-state index contributed by atoms with van der Waals surface area (Å²) < 4.78 is 1.86. The predicted molar refractivity (Wildman–Crippen MR) is 99.9 cm³/mol. The number of nitriles is 1. The number of anilines is 1. The van der Waals surface area contributed by atoms with Crippen molar-refractivity contribution < 1.29 is 0 Å². The Morgan fingerprint density at radius 2 is 1.92 bits per heavy atom. The minimum Gasteiger partial charge on any atom is -0.353 e. The summed E-state index contributed by atoms with van der Waals surface area (Å²) in [7, 11) is 0. The summed E-state index contributed by atoms with van der Waals surface area (Å²) >= 11 is 0. The third-order valence-corrected chi connectivity index (χ3v) is 5.03. The molecule has 3 heterocycles. The summed E-state index contributed by atoms with van der Waals surface area (Å²) in [6, 6.07) is 10.4. The zero-order valence-electron chi connectivity index (χ0n) is 14.8. The van der Waals surface area contributed by atoms with Gasteiger partial charge in [-0.25, -0.2) is 9.97 Å². The lowest BCUT2D eigenvalue weighted by molar-refractivity contribution is 0.244. The van der Waals surface area contributed by atoms with Crippen molar-refractivity contribution in [1.29, 1.82) is 5.26 Å². The number of pyridine rings is 1. The van der Waals surface area contributed by atoms with E-state index in [2.05, 4.69) is 26.0 Å². The average molecular weight is 347 g/mol. The van der Waals surface area contributed by atoms with Crippen molar-refractivity contribution in [2.24, 2.45) is 0 Å². The minimum atomic E-state index is 0.694. The number of fused-ring (bicyclic) bond motifs is 1. The van der Waals surface area contributed by atoms with Crippen LogP contribution in [0, 0.1) is 18.3 Å². The van der Waals surface area contributed by atoms with Gasteiger partial charge in [0, 0.05) is 38.1 Å². The van der Waals surface area contributed by atoms with Crippen LogP contribution in [-0.4, -0.2) is 57.4 Å². The van der Waals surface area contributed by atoms with Crippen molar-refractivity contribution in [3.63, 3.8) is 0 Å². The molecule has 0 atom stereocenters. The molecule has 0 bridgehead atoms. The van der Waals surface area contributed by atoms with Gasteiger partial charge in [-0.05, 0) is 18.6 Å². The zero-order valence-corrected chi connectivity index (χ0v) is 14.8. The van der Waals surface area contributed by atoms with Crippen LogP contribution in [-0.2, 0) is 6.54 Å². The van der Waals surface area contributed by atoms with E-state index >= 15 is 0 Å². The molecule has 1 saturated heterocycles. The van der Waals surface area contributed by atoms with Crippen LogP contribution in [0.3, 0.4) is 0 Å². The fourth-order valence-corrected chi connectivity index (χ4v) is 3.50. The maximum atomic E-state index is 9.69. The first kappa shape index (κ1) is 16.5. The summed E-state index contributed by atoms with van der Waals surface area (Å²) in [5.74, 6) is 0.819. The largest absolute Gasteiger partial charge is 0.353 e. The van der Waals surface area contributed by atoms with Crippen molar-refractivity contribution in [3.8, 4) is 6.07 Å². The van der Waals surface area contributed by atoms with E-state index in [0.717, 1.165) is 61.6 Å². The molecule has 4 rings (SSSR count). The van der Waals surface area contributed by atoms with Gasteiger partial charge in [0.1, 0.15) is 24.5 Å². The molecule has 0 aliphatic carbocycles. The van der Waals surface area contributed by atoms with Crippen LogP contribution < -0.4 is 4.90 Å². The highest BCUT2D eigenvalue weighted by Crippen LogP contribution is 2.28. The molecule has 0 saturated carbocycles. The summed E-state index contributed by atoms with van der Waals surface area (Å²) in [4.78, 5) is 13.4. The number of hydrogen-bond acceptors (Lipinski definition) is 6. The molecule has 7 nitrogen and oxygen atoms in total. The van der Waals surface area contributed by atoms with E-state index in [9.17, 15) is 5.26 Å². The van der Waals surface area contributed by atoms with Crippen LogP contribution in [0.4, 0.5) is 5.82 Å². The van der Waals surface area contributed by atoms with E-state index in [0.29, 0.717) is 5.56 Å². The van der Waals surface area contributed by atoms with Crippen LogP contribution in [0.15, 0.2) is 36.9 Å². The summed E-state index contributed by atoms with van der Waals surface area (Å²) in [6.45, 7) is 7.46. The second kappa shape index (κ2) is 7.10. The van der Waals surface area contributed by atoms with Crippen molar-refractivity contribution in [1.82, 2.24) is 24.6 Å². The highest BCUT2D eigenvalue weighted by molar-refractivity contribution is 5.87. The van der Waals surface area contributed by atoms with Gasteiger partial charge in [-0.3, -0.25) is 9.58 Å². The lowest BCUT2D eigenvalue weighted by atomic mass is 10.0. The maximum Gasteiger partial charge on any atom is 0.147 e. The van der Waals surface area contributed by atoms with Crippen LogP contribution in [0.2, 0.25) is 0 Å². The molecule has 26 heavy (non-hydrogen) atoms. The molecule has 7 heteroatoms. The highest BCUT2D eigenvalue weighted by Gasteiger charge is 2.22. The zero-order chi connectivity index (χ0) is 17.9. The normalized spacial score (nSPS) is 15.3. The highest BCUT2D eigenvalue weighted by atomic mass is 15.3. The van der Waals surface area contributed by atoms with Crippen LogP contribution in [0.5, 0.6) is 0 Å². The Morgan fingerprint density at radius 1 is 1.12 bits per heavy atom. The Kier molecular flexibility index (Phi) is 4.50. The van der Waals surface area contributed by atoms with E-state index in [1.807, 2.05) is 35.9 Å². The van der Waals surface area contributed by atoms with Crippen molar-refractivity contribution in [3.05, 3.63) is 48.0 Å². The first-order valence-corrected chi connectivity index (χ1v) is 8.85. The quantitative estimate of drug-likeness (QED) is 0.717. The molecule has 1 fully saturated rings. The third kappa shape index (κ3) is 3.11. The second-order valence-corrected chi connectivity index (χ2v) is 6.55. The second-order valence-electron chi connectivity index (χ2n) is 6.55. The standard InChI is InChI=1S/C19H21N7/c1-15-16-4-2-3-5-18(16)23-19(17(15)12-20)25-9-6-24(7-10-25)8-11-26-14-21-13-22-26/h2-5,13-14H,6-11H2,1H3.